The predicted octanol–water partition coefficient (Wildman–Crippen LogP) is 5.89. The van der Waals surface area contributed by atoms with Crippen molar-refractivity contribution < 1.29 is 28.2 Å². The van der Waals surface area contributed by atoms with Crippen LogP contribution in [0.2, 0.25) is 0 Å². The molecule has 246 valence electrons. The van der Waals surface area contributed by atoms with Crippen LogP contribution in [0.15, 0.2) is 94.5 Å². The van der Waals surface area contributed by atoms with Crippen LogP contribution in [0.5, 0.6) is 17.2 Å². The number of amides is 2. The third-order valence-corrected chi connectivity index (χ3v) is 9.45. The Hall–Kier alpha value is -5.21. The van der Waals surface area contributed by atoms with Gasteiger partial charge >= 0.3 is 0 Å². The van der Waals surface area contributed by atoms with Crippen LogP contribution in [-0.4, -0.2) is 64.4 Å². The van der Waals surface area contributed by atoms with Gasteiger partial charge in [-0.2, -0.15) is 5.10 Å². The zero-order valence-corrected chi connectivity index (χ0v) is 27.9. The van der Waals surface area contributed by atoms with Crippen LogP contribution in [0.1, 0.15) is 39.1 Å². The SMILES string of the molecule is COc1cccc(C(=O)NCc2nnc(SCC(=O)N3N=C(c4cccs4)CC3c3cccc(OC)c3OC)n2-c2ccc(F)cc2)c1. The molecule has 3 heterocycles. The van der Waals surface area contributed by atoms with E-state index in [2.05, 4.69) is 15.5 Å². The average Bonchev–Trinajstić information content (AvgIpc) is 3.90. The third-order valence-electron chi connectivity index (χ3n) is 7.61. The van der Waals surface area contributed by atoms with Crippen LogP contribution >= 0.6 is 23.1 Å². The van der Waals surface area contributed by atoms with Gasteiger partial charge < -0.3 is 19.5 Å². The number of methoxy groups -OCH3 is 3. The van der Waals surface area contributed by atoms with Crippen molar-refractivity contribution in [2.75, 3.05) is 27.1 Å². The molecule has 2 aromatic heterocycles. The third kappa shape index (κ3) is 6.89. The van der Waals surface area contributed by atoms with Gasteiger partial charge in [-0.1, -0.05) is 36.0 Å². The van der Waals surface area contributed by atoms with Gasteiger partial charge in [-0.25, -0.2) is 9.40 Å². The van der Waals surface area contributed by atoms with Gasteiger partial charge in [-0.3, -0.25) is 14.2 Å². The molecule has 14 heteroatoms. The fourth-order valence-corrected chi connectivity index (χ4v) is 6.87. The van der Waals surface area contributed by atoms with Crippen LogP contribution in [0.25, 0.3) is 5.69 Å². The maximum atomic E-state index is 14.0. The summed E-state index contributed by atoms with van der Waals surface area (Å²) in [6.07, 6.45) is 0.489. The lowest BCUT2D eigenvalue weighted by molar-refractivity contribution is -0.130. The zero-order chi connectivity index (χ0) is 33.6. The Morgan fingerprint density at radius 2 is 1.79 bits per heavy atom. The van der Waals surface area contributed by atoms with E-state index in [-0.39, 0.29) is 24.1 Å². The Morgan fingerprint density at radius 3 is 2.52 bits per heavy atom. The molecule has 0 aliphatic carbocycles. The first-order valence-electron chi connectivity index (χ1n) is 14.8. The number of para-hydroxylation sites is 1. The topological polar surface area (TPSA) is 120 Å². The molecule has 0 saturated heterocycles. The molecule has 1 unspecified atom stereocenters. The number of hydrogen-bond acceptors (Lipinski definition) is 10. The molecule has 6 rings (SSSR count). The van der Waals surface area contributed by atoms with Crippen molar-refractivity contribution in [3.63, 3.8) is 0 Å². The van der Waals surface area contributed by atoms with Gasteiger partial charge in [0.2, 0.25) is 0 Å². The molecule has 0 bridgehead atoms. The number of hydrazone groups is 1. The molecule has 1 aliphatic heterocycles. The molecule has 1 atom stereocenters. The summed E-state index contributed by atoms with van der Waals surface area (Å²) in [6, 6.07) is 21.7. The van der Waals surface area contributed by atoms with E-state index in [1.807, 2.05) is 29.6 Å². The smallest absolute Gasteiger partial charge is 0.253 e. The average molecular weight is 687 g/mol. The number of nitrogens with one attached hydrogen (secondary N) is 1. The monoisotopic (exact) mass is 686 g/mol. The summed E-state index contributed by atoms with van der Waals surface area (Å²) in [6.45, 7) is 0.0211. The predicted molar refractivity (Wildman–Crippen MR) is 181 cm³/mol. The van der Waals surface area contributed by atoms with Crippen LogP contribution in [-0.2, 0) is 11.3 Å². The molecule has 0 spiro atoms. The number of nitrogens with zero attached hydrogens (tertiary/aromatic N) is 5. The summed E-state index contributed by atoms with van der Waals surface area (Å²) in [5, 5.41) is 20.1. The van der Waals surface area contributed by atoms with Crippen molar-refractivity contribution in [1.82, 2.24) is 25.1 Å². The van der Waals surface area contributed by atoms with Crippen LogP contribution in [0.3, 0.4) is 0 Å². The van der Waals surface area contributed by atoms with Gasteiger partial charge in [0.25, 0.3) is 11.8 Å². The first-order chi connectivity index (χ1) is 23.4. The van der Waals surface area contributed by atoms with E-state index in [1.165, 1.54) is 24.3 Å². The van der Waals surface area contributed by atoms with Gasteiger partial charge in [0.05, 0.1) is 50.3 Å². The number of carbonyl (C=O) groups excluding carboxylic acids is 2. The minimum absolute atomic E-state index is 0.0211. The molecule has 48 heavy (non-hydrogen) atoms. The maximum absolute atomic E-state index is 14.0. The highest BCUT2D eigenvalue weighted by Crippen LogP contribution is 2.42. The van der Waals surface area contributed by atoms with Gasteiger partial charge in [0, 0.05) is 23.2 Å². The molecule has 0 saturated carbocycles. The fourth-order valence-electron chi connectivity index (χ4n) is 5.32. The van der Waals surface area contributed by atoms with Crippen molar-refractivity contribution in [3.8, 4) is 22.9 Å². The molecule has 11 nitrogen and oxygen atoms in total. The summed E-state index contributed by atoms with van der Waals surface area (Å²) in [4.78, 5) is 27.9. The second kappa shape index (κ2) is 14.7. The Kier molecular flexibility index (Phi) is 10.0. The highest BCUT2D eigenvalue weighted by Gasteiger charge is 2.36. The quantitative estimate of drug-likeness (QED) is 0.161. The van der Waals surface area contributed by atoms with E-state index in [0.717, 1.165) is 27.9 Å². The van der Waals surface area contributed by atoms with E-state index in [9.17, 15) is 14.0 Å². The van der Waals surface area contributed by atoms with E-state index in [0.29, 0.717) is 45.9 Å². The Labute approximate surface area is 284 Å². The highest BCUT2D eigenvalue weighted by molar-refractivity contribution is 7.99. The molecule has 5 aromatic rings. The highest BCUT2D eigenvalue weighted by atomic mass is 32.2. The molecule has 1 aliphatic rings. The van der Waals surface area contributed by atoms with E-state index in [4.69, 9.17) is 19.3 Å². The summed E-state index contributed by atoms with van der Waals surface area (Å²) in [7, 11) is 4.66. The number of thiophene rings is 1. The van der Waals surface area contributed by atoms with Crippen molar-refractivity contribution in [2.45, 2.75) is 24.2 Å². The largest absolute Gasteiger partial charge is 0.497 e. The number of carbonyl (C=O) groups is 2. The number of hydrogen-bond donors (Lipinski definition) is 1. The van der Waals surface area contributed by atoms with E-state index in [1.54, 1.807) is 72.6 Å². The van der Waals surface area contributed by atoms with Crippen molar-refractivity contribution in [3.05, 3.63) is 112 Å². The Morgan fingerprint density at radius 1 is 0.979 bits per heavy atom. The maximum Gasteiger partial charge on any atom is 0.253 e. The van der Waals surface area contributed by atoms with Crippen LogP contribution < -0.4 is 19.5 Å². The van der Waals surface area contributed by atoms with E-state index >= 15 is 0 Å². The second-order valence-corrected chi connectivity index (χ2v) is 12.4. The molecular formula is C34H31FN6O5S2. The Balaban J connectivity index is 1.26. The van der Waals surface area contributed by atoms with Crippen molar-refractivity contribution in [1.29, 1.82) is 0 Å². The van der Waals surface area contributed by atoms with Gasteiger partial charge in [0.15, 0.2) is 22.5 Å². The van der Waals surface area contributed by atoms with Gasteiger partial charge in [-0.15, -0.1) is 21.5 Å². The number of benzene rings is 3. The van der Waals surface area contributed by atoms with Crippen LogP contribution in [0, 0.1) is 5.82 Å². The normalized spacial score (nSPS) is 14.0. The first-order valence-corrected chi connectivity index (χ1v) is 16.7. The molecule has 1 N–H and O–H groups in total. The van der Waals surface area contributed by atoms with Crippen LogP contribution in [0.4, 0.5) is 4.39 Å². The molecule has 0 radical (unpaired) electrons. The molecule has 2 amide bonds. The number of halogens is 1. The summed E-state index contributed by atoms with van der Waals surface area (Å²) >= 11 is 2.72. The van der Waals surface area contributed by atoms with Crippen molar-refractivity contribution >= 4 is 40.6 Å². The standard InChI is InChI=1S/C34H31FN6O5S2/c1-44-24-8-4-7-21(17-24)33(43)36-19-30-37-38-34(40(30)23-14-12-22(35)13-15-23)48-20-31(42)41-27(18-26(39-41)29-11-6-16-47-29)25-9-5-10-28(45-2)32(25)46-3/h4-17,27H,18-20H2,1-3H3,(H,36,43). The zero-order valence-electron chi connectivity index (χ0n) is 26.3. The van der Waals surface area contributed by atoms with E-state index < -0.39 is 11.9 Å². The second-order valence-electron chi connectivity index (χ2n) is 10.5. The molecular weight excluding hydrogens is 656 g/mol. The lowest BCUT2D eigenvalue weighted by Gasteiger charge is -2.24. The number of thioether (sulfide) groups is 1. The minimum atomic E-state index is -0.433. The minimum Gasteiger partial charge on any atom is -0.497 e. The fraction of sp³-hybridized carbons (Fsp3) is 0.206. The molecule has 0 fully saturated rings. The van der Waals surface area contributed by atoms with Gasteiger partial charge in [-0.05, 0) is 60.0 Å². The number of ether oxygens (including phenoxy) is 3. The first kappa shape index (κ1) is 32.7. The molecule has 3 aromatic carbocycles. The lowest BCUT2D eigenvalue weighted by Crippen LogP contribution is -2.29. The summed E-state index contributed by atoms with van der Waals surface area (Å²) in [5.74, 6) is 1.01. The van der Waals surface area contributed by atoms with Crippen molar-refractivity contribution in [2.24, 2.45) is 5.10 Å². The lowest BCUT2D eigenvalue weighted by atomic mass is 9.99. The number of aromatic nitrogens is 3. The Bertz CT molecular complexity index is 1950. The number of rotatable bonds is 12. The van der Waals surface area contributed by atoms with Gasteiger partial charge in [0.1, 0.15) is 11.6 Å². The summed E-state index contributed by atoms with van der Waals surface area (Å²) in [5.41, 5.74) is 2.55. The summed E-state index contributed by atoms with van der Waals surface area (Å²) < 4.78 is 32.0.